The molecule has 1 aromatic rings. The van der Waals surface area contributed by atoms with Crippen molar-refractivity contribution < 1.29 is 14.6 Å². The van der Waals surface area contributed by atoms with Crippen LogP contribution in [0.5, 0.6) is 0 Å². The number of rotatable bonds is 4. The summed E-state index contributed by atoms with van der Waals surface area (Å²) in [5.74, 6) is 1.42. The van der Waals surface area contributed by atoms with Gasteiger partial charge in [-0.25, -0.2) is 4.79 Å². The highest BCUT2D eigenvalue weighted by atomic mass is 16.5. The summed E-state index contributed by atoms with van der Waals surface area (Å²) in [7, 11) is 0. The zero-order valence-electron chi connectivity index (χ0n) is 15.4. The second kappa shape index (κ2) is 7.97. The Balaban J connectivity index is 1.40. The molecule has 3 fully saturated rings. The molecule has 3 aliphatic rings. The van der Waals surface area contributed by atoms with Crippen LogP contribution < -0.4 is 0 Å². The number of hydrogen-bond donors (Lipinski definition) is 1. The minimum atomic E-state index is -0.759. The average Bonchev–Trinajstić information content (AvgIpc) is 2.62. The first-order valence-electron chi connectivity index (χ1n) is 10.1. The van der Waals surface area contributed by atoms with E-state index in [2.05, 4.69) is 35.2 Å². The van der Waals surface area contributed by atoms with E-state index in [4.69, 9.17) is 4.74 Å². The van der Waals surface area contributed by atoms with Crippen LogP contribution in [0.2, 0.25) is 0 Å². The van der Waals surface area contributed by atoms with Gasteiger partial charge < -0.3 is 14.7 Å². The van der Waals surface area contributed by atoms with Crippen molar-refractivity contribution >= 4 is 6.09 Å². The van der Waals surface area contributed by atoms with Crippen molar-refractivity contribution in [2.24, 2.45) is 11.8 Å². The highest BCUT2D eigenvalue weighted by Crippen LogP contribution is 2.37. The Labute approximate surface area is 155 Å². The van der Waals surface area contributed by atoms with Crippen molar-refractivity contribution in [1.29, 1.82) is 0 Å². The predicted octanol–water partition coefficient (Wildman–Crippen LogP) is 3.10. The standard InChI is InChI=1S/C21H30N2O3/c24-21(25)22-9-6-17(7-10-22)18-8-11-23(20-14-26-15-20)19(13-18)12-16-4-2-1-3-5-16/h1-5,17-20H,6-15H2,(H,24,25). The second-order valence-corrected chi connectivity index (χ2v) is 8.16. The van der Waals surface area contributed by atoms with Crippen LogP contribution >= 0.6 is 0 Å². The molecule has 1 amide bonds. The molecule has 0 spiro atoms. The zero-order valence-corrected chi connectivity index (χ0v) is 15.4. The number of ether oxygens (including phenoxy) is 1. The SMILES string of the molecule is O=C(O)N1CCC(C2CCN(C3COC3)C(Cc3ccccc3)C2)CC1. The summed E-state index contributed by atoms with van der Waals surface area (Å²) in [5.41, 5.74) is 1.42. The Bertz CT molecular complexity index is 597. The van der Waals surface area contributed by atoms with Crippen LogP contribution in [-0.2, 0) is 11.2 Å². The highest BCUT2D eigenvalue weighted by molar-refractivity contribution is 5.64. The molecule has 0 aromatic heterocycles. The number of hydrogen-bond acceptors (Lipinski definition) is 3. The highest BCUT2D eigenvalue weighted by Gasteiger charge is 2.39. The van der Waals surface area contributed by atoms with Gasteiger partial charge in [0.05, 0.1) is 19.3 Å². The lowest BCUT2D eigenvalue weighted by atomic mass is 9.75. The van der Waals surface area contributed by atoms with Gasteiger partial charge >= 0.3 is 6.09 Å². The Morgan fingerprint density at radius 1 is 1.04 bits per heavy atom. The topological polar surface area (TPSA) is 53.0 Å². The molecular weight excluding hydrogens is 328 g/mol. The van der Waals surface area contributed by atoms with Gasteiger partial charge in [0.25, 0.3) is 0 Å². The molecule has 0 saturated carbocycles. The lowest BCUT2D eigenvalue weighted by Crippen LogP contribution is -2.57. The van der Waals surface area contributed by atoms with Crippen molar-refractivity contribution in [3.63, 3.8) is 0 Å². The second-order valence-electron chi connectivity index (χ2n) is 8.16. The van der Waals surface area contributed by atoms with Crippen LogP contribution in [-0.4, -0.2) is 65.9 Å². The molecule has 4 rings (SSSR count). The third kappa shape index (κ3) is 3.89. The Morgan fingerprint density at radius 2 is 1.73 bits per heavy atom. The number of likely N-dealkylation sites (tertiary alicyclic amines) is 2. The first-order chi connectivity index (χ1) is 12.7. The molecule has 26 heavy (non-hydrogen) atoms. The molecule has 2 unspecified atom stereocenters. The van der Waals surface area contributed by atoms with E-state index in [1.165, 1.54) is 18.4 Å². The first-order valence-corrected chi connectivity index (χ1v) is 10.1. The molecule has 3 saturated heterocycles. The fraction of sp³-hybridized carbons (Fsp3) is 0.667. The molecule has 142 valence electrons. The minimum absolute atomic E-state index is 0.586. The minimum Gasteiger partial charge on any atom is -0.465 e. The third-order valence-corrected chi connectivity index (χ3v) is 6.68. The molecule has 1 aromatic carbocycles. The van der Waals surface area contributed by atoms with Gasteiger partial charge in [-0.05, 0) is 56.0 Å². The largest absolute Gasteiger partial charge is 0.465 e. The smallest absolute Gasteiger partial charge is 0.407 e. The Hall–Kier alpha value is -1.59. The molecule has 5 heteroatoms. The maximum Gasteiger partial charge on any atom is 0.407 e. The van der Waals surface area contributed by atoms with E-state index < -0.39 is 6.09 Å². The monoisotopic (exact) mass is 358 g/mol. The number of benzene rings is 1. The van der Waals surface area contributed by atoms with Gasteiger partial charge in [-0.1, -0.05) is 30.3 Å². The summed E-state index contributed by atoms with van der Waals surface area (Å²) in [6, 6.07) is 12.0. The van der Waals surface area contributed by atoms with E-state index in [1.807, 2.05) is 0 Å². The Morgan fingerprint density at radius 3 is 2.35 bits per heavy atom. The lowest BCUT2D eigenvalue weighted by molar-refractivity contribution is -0.0962. The molecule has 0 bridgehead atoms. The molecular formula is C21H30N2O3. The number of carboxylic acid groups (broad SMARTS) is 1. The normalized spacial score (nSPS) is 28.7. The van der Waals surface area contributed by atoms with E-state index in [1.54, 1.807) is 4.90 Å². The van der Waals surface area contributed by atoms with E-state index in [0.717, 1.165) is 44.9 Å². The summed E-state index contributed by atoms with van der Waals surface area (Å²) in [4.78, 5) is 15.4. The molecule has 3 heterocycles. The van der Waals surface area contributed by atoms with E-state index >= 15 is 0 Å². The fourth-order valence-electron chi connectivity index (χ4n) is 5.07. The molecule has 3 aliphatic heterocycles. The zero-order chi connectivity index (χ0) is 17.9. The van der Waals surface area contributed by atoms with Gasteiger partial charge in [0.1, 0.15) is 0 Å². The van der Waals surface area contributed by atoms with Gasteiger partial charge in [0.2, 0.25) is 0 Å². The van der Waals surface area contributed by atoms with Crippen LogP contribution in [0.4, 0.5) is 4.79 Å². The molecule has 5 nitrogen and oxygen atoms in total. The van der Waals surface area contributed by atoms with Crippen molar-refractivity contribution in [3.8, 4) is 0 Å². The van der Waals surface area contributed by atoms with Crippen molar-refractivity contribution in [2.45, 2.75) is 44.2 Å². The Kier molecular flexibility index (Phi) is 5.46. The van der Waals surface area contributed by atoms with Crippen molar-refractivity contribution in [2.75, 3.05) is 32.8 Å². The number of carbonyl (C=O) groups is 1. The fourth-order valence-corrected chi connectivity index (χ4v) is 5.07. The van der Waals surface area contributed by atoms with Gasteiger partial charge in [0.15, 0.2) is 0 Å². The van der Waals surface area contributed by atoms with E-state index in [-0.39, 0.29) is 0 Å². The number of piperidine rings is 2. The molecule has 0 aliphatic carbocycles. The third-order valence-electron chi connectivity index (χ3n) is 6.68. The van der Waals surface area contributed by atoms with Crippen LogP contribution in [0.3, 0.4) is 0 Å². The lowest BCUT2D eigenvalue weighted by Gasteiger charge is -2.49. The van der Waals surface area contributed by atoms with E-state index in [9.17, 15) is 9.90 Å². The molecule has 1 N–H and O–H groups in total. The van der Waals surface area contributed by atoms with Crippen molar-refractivity contribution in [1.82, 2.24) is 9.80 Å². The number of nitrogens with zero attached hydrogens (tertiary/aromatic N) is 2. The first kappa shape index (κ1) is 17.8. The summed E-state index contributed by atoms with van der Waals surface area (Å²) < 4.78 is 5.46. The quantitative estimate of drug-likeness (QED) is 0.899. The van der Waals surface area contributed by atoms with Gasteiger partial charge in [0, 0.05) is 19.1 Å². The maximum absolute atomic E-state index is 11.2. The average molecular weight is 358 g/mol. The van der Waals surface area contributed by atoms with Crippen LogP contribution in [0.1, 0.15) is 31.2 Å². The summed E-state index contributed by atoms with van der Waals surface area (Å²) >= 11 is 0. The predicted molar refractivity (Wildman–Crippen MR) is 100 cm³/mol. The van der Waals surface area contributed by atoms with Gasteiger partial charge in [-0.3, -0.25) is 4.90 Å². The summed E-state index contributed by atoms with van der Waals surface area (Å²) in [6.07, 6.45) is 4.90. The summed E-state index contributed by atoms with van der Waals surface area (Å²) in [5, 5.41) is 9.18. The van der Waals surface area contributed by atoms with Crippen LogP contribution in [0, 0.1) is 11.8 Å². The maximum atomic E-state index is 11.2. The van der Waals surface area contributed by atoms with Gasteiger partial charge in [-0.15, -0.1) is 0 Å². The number of amides is 1. The molecule has 0 radical (unpaired) electrons. The van der Waals surface area contributed by atoms with Crippen molar-refractivity contribution in [3.05, 3.63) is 35.9 Å². The molecule has 2 atom stereocenters. The van der Waals surface area contributed by atoms with E-state index in [0.29, 0.717) is 31.1 Å². The van der Waals surface area contributed by atoms with Gasteiger partial charge in [-0.2, -0.15) is 0 Å². The van der Waals surface area contributed by atoms with Crippen LogP contribution in [0.25, 0.3) is 0 Å². The van der Waals surface area contributed by atoms with Crippen LogP contribution in [0.15, 0.2) is 30.3 Å². The summed E-state index contributed by atoms with van der Waals surface area (Å²) in [6.45, 7) is 4.34.